The minimum Gasteiger partial charge on any atom is -0.481 e. The van der Waals surface area contributed by atoms with E-state index in [1.807, 2.05) is 0 Å². The molecule has 0 unspecified atom stereocenters. The van der Waals surface area contributed by atoms with Crippen LogP contribution in [0.25, 0.3) is 0 Å². The van der Waals surface area contributed by atoms with E-state index in [4.69, 9.17) is 5.11 Å². The van der Waals surface area contributed by atoms with Crippen molar-refractivity contribution in [3.63, 3.8) is 0 Å². The Kier molecular flexibility index (Phi) is 5.32. The Morgan fingerprint density at radius 1 is 1.50 bits per heavy atom. The summed E-state index contributed by atoms with van der Waals surface area (Å²) in [5.74, 6) is -0.377. The number of aliphatic carboxylic acids is 1. The highest BCUT2D eigenvalue weighted by Gasteiger charge is 2.07. The van der Waals surface area contributed by atoms with Gasteiger partial charge in [0.05, 0.1) is 11.5 Å². The summed E-state index contributed by atoms with van der Waals surface area (Å²) in [5.41, 5.74) is 0. The van der Waals surface area contributed by atoms with Gasteiger partial charge in [-0.25, -0.2) is 8.42 Å². The first kappa shape index (κ1) is 11.8. The zero-order chi connectivity index (χ0) is 9.61. The summed E-state index contributed by atoms with van der Waals surface area (Å²) in [6.07, 6.45) is 0. The number of carboxylic acid groups (broad SMARTS) is 1. The van der Waals surface area contributed by atoms with Crippen molar-refractivity contribution < 1.29 is 18.3 Å². The maximum absolute atomic E-state index is 10.9. The topological polar surface area (TPSA) is 71.4 Å². The highest BCUT2D eigenvalue weighted by atomic mass is 32.2. The molecule has 0 rings (SSSR count). The summed E-state index contributed by atoms with van der Waals surface area (Å²) in [6.45, 7) is 1.58. The second-order valence-electron chi connectivity index (χ2n) is 2.18. The third-order valence-electron chi connectivity index (χ3n) is 1.20. The number of sulfone groups is 1. The van der Waals surface area contributed by atoms with Crippen LogP contribution in [0.1, 0.15) is 6.92 Å². The third kappa shape index (κ3) is 6.48. The van der Waals surface area contributed by atoms with Gasteiger partial charge in [-0.2, -0.15) is 0 Å². The van der Waals surface area contributed by atoms with Crippen LogP contribution in [0.15, 0.2) is 0 Å². The molecule has 0 aromatic rings. The fourth-order valence-electron chi connectivity index (χ4n) is 0.490. The van der Waals surface area contributed by atoms with E-state index in [9.17, 15) is 13.2 Å². The quantitative estimate of drug-likeness (QED) is 0.638. The van der Waals surface area contributed by atoms with Gasteiger partial charge >= 0.3 is 5.97 Å². The first-order valence-corrected chi connectivity index (χ1v) is 6.45. The second kappa shape index (κ2) is 5.42. The van der Waals surface area contributed by atoms with Crippen molar-refractivity contribution in [1.82, 2.24) is 0 Å². The molecule has 1 N–H and O–H groups in total. The summed E-state index contributed by atoms with van der Waals surface area (Å²) in [5, 5.41) is 8.23. The van der Waals surface area contributed by atoms with E-state index in [1.165, 1.54) is 0 Å². The maximum atomic E-state index is 10.9. The van der Waals surface area contributed by atoms with Gasteiger partial charge in [0.25, 0.3) is 0 Å². The average molecular weight is 212 g/mol. The molecule has 4 nitrogen and oxygen atoms in total. The lowest BCUT2D eigenvalue weighted by atomic mass is 10.8. The predicted molar refractivity (Wildman–Crippen MR) is 49.3 cm³/mol. The molecule has 0 aromatic heterocycles. The standard InChI is InChI=1S/C6H12O4S2/c1-2-12(9,10)4-3-11-5-6(7)8/h2-5H2,1H3,(H,7,8). The van der Waals surface area contributed by atoms with E-state index in [1.54, 1.807) is 6.92 Å². The monoisotopic (exact) mass is 212 g/mol. The van der Waals surface area contributed by atoms with Gasteiger partial charge in [0, 0.05) is 11.5 Å². The summed E-state index contributed by atoms with van der Waals surface area (Å²) in [6, 6.07) is 0. The number of carboxylic acids is 1. The van der Waals surface area contributed by atoms with Crippen LogP contribution < -0.4 is 0 Å². The molecule has 0 aliphatic heterocycles. The lowest BCUT2D eigenvalue weighted by Crippen LogP contribution is -2.11. The first-order valence-electron chi connectivity index (χ1n) is 3.48. The maximum Gasteiger partial charge on any atom is 0.313 e. The number of thioether (sulfide) groups is 1. The molecule has 0 saturated heterocycles. The molecule has 0 atom stereocenters. The second-order valence-corrected chi connectivity index (χ2v) is 5.76. The molecular formula is C6H12O4S2. The van der Waals surface area contributed by atoms with Crippen LogP contribution in [0.2, 0.25) is 0 Å². The van der Waals surface area contributed by atoms with E-state index in [-0.39, 0.29) is 17.3 Å². The van der Waals surface area contributed by atoms with Gasteiger partial charge in [-0.05, 0) is 0 Å². The number of rotatable bonds is 6. The molecular weight excluding hydrogens is 200 g/mol. The van der Waals surface area contributed by atoms with Crippen LogP contribution >= 0.6 is 11.8 Å². The van der Waals surface area contributed by atoms with Crippen molar-refractivity contribution in [2.45, 2.75) is 6.92 Å². The fourth-order valence-corrected chi connectivity index (χ4v) is 2.58. The SMILES string of the molecule is CCS(=O)(=O)CCSCC(=O)O. The van der Waals surface area contributed by atoms with Crippen LogP contribution in [0.4, 0.5) is 0 Å². The Morgan fingerprint density at radius 3 is 2.50 bits per heavy atom. The molecule has 6 heteroatoms. The zero-order valence-electron chi connectivity index (χ0n) is 6.82. The fraction of sp³-hybridized carbons (Fsp3) is 0.833. The van der Waals surface area contributed by atoms with E-state index in [0.717, 1.165) is 11.8 Å². The Bertz CT molecular complexity index is 232. The third-order valence-corrected chi connectivity index (χ3v) is 4.11. The van der Waals surface area contributed by atoms with Crippen molar-refractivity contribution in [1.29, 1.82) is 0 Å². The average Bonchev–Trinajstić information content (AvgIpc) is 1.98. The van der Waals surface area contributed by atoms with Crippen LogP contribution in [0.3, 0.4) is 0 Å². The Balaban J connectivity index is 3.51. The molecule has 0 bridgehead atoms. The minimum atomic E-state index is -2.93. The number of carbonyl (C=O) groups is 1. The Hall–Kier alpha value is -0.230. The van der Waals surface area contributed by atoms with E-state index < -0.39 is 15.8 Å². The smallest absolute Gasteiger partial charge is 0.313 e. The molecule has 0 aromatic carbocycles. The molecule has 0 aliphatic rings. The van der Waals surface area contributed by atoms with Crippen LogP contribution in [0.5, 0.6) is 0 Å². The van der Waals surface area contributed by atoms with Crippen molar-refractivity contribution >= 4 is 27.6 Å². The van der Waals surface area contributed by atoms with Gasteiger partial charge in [-0.3, -0.25) is 4.79 Å². The van der Waals surface area contributed by atoms with Crippen molar-refractivity contribution in [3.8, 4) is 0 Å². The van der Waals surface area contributed by atoms with Crippen molar-refractivity contribution in [2.75, 3.05) is 23.0 Å². The van der Waals surface area contributed by atoms with Crippen molar-refractivity contribution in [2.24, 2.45) is 0 Å². The highest BCUT2D eigenvalue weighted by molar-refractivity contribution is 8.01. The molecule has 0 fully saturated rings. The van der Waals surface area contributed by atoms with Gasteiger partial charge in [-0.1, -0.05) is 6.92 Å². The van der Waals surface area contributed by atoms with Gasteiger partial charge in [0.15, 0.2) is 9.84 Å². The normalized spacial score (nSPS) is 11.4. The van der Waals surface area contributed by atoms with E-state index in [0.29, 0.717) is 5.75 Å². The predicted octanol–water partition coefficient (Wildman–Crippen LogP) is 0.239. The van der Waals surface area contributed by atoms with Crippen LogP contribution in [-0.4, -0.2) is 42.5 Å². The molecule has 0 spiro atoms. The zero-order valence-corrected chi connectivity index (χ0v) is 8.45. The van der Waals surface area contributed by atoms with Crippen molar-refractivity contribution in [3.05, 3.63) is 0 Å². The number of hydrogen-bond acceptors (Lipinski definition) is 4. The van der Waals surface area contributed by atoms with Crippen LogP contribution in [0, 0.1) is 0 Å². The molecule has 0 saturated carbocycles. The van der Waals surface area contributed by atoms with Gasteiger partial charge in [0.2, 0.25) is 0 Å². The Labute approximate surface area is 76.3 Å². The molecule has 12 heavy (non-hydrogen) atoms. The summed E-state index contributed by atoms with van der Waals surface area (Å²) in [4.78, 5) is 10.0. The van der Waals surface area contributed by atoms with Crippen LogP contribution in [-0.2, 0) is 14.6 Å². The minimum absolute atomic E-state index is 0.0285. The van der Waals surface area contributed by atoms with Gasteiger partial charge in [0.1, 0.15) is 0 Å². The van der Waals surface area contributed by atoms with E-state index in [2.05, 4.69) is 0 Å². The largest absolute Gasteiger partial charge is 0.481 e. The van der Waals surface area contributed by atoms with E-state index >= 15 is 0 Å². The molecule has 0 radical (unpaired) electrons. The first-order chi connectivity index (χ1) is 5.48. The van der Waals surface area contributed by atoms with Gasteiger partial charge < -0.3 is 5.11 Å². The number of hydrogen-bond donors (Lipinski definition) is 1. The molecule has 72 valence electrons. The molecule has 0 amide bonds. The highest BCUT2D eigenvalue weighted by Crippen LogP contribution is 2.01. The summed E-state index contributed by atoms with van der Waals surface area (Å²) >= 11 is 1.12. The molecule has 0 aliphatic carbocycles. The summed E-state index contributed by atoms with van der Waals surface area (Å²) in [7, 11) is -2.93. The van der Waals surface area contributed by atoms with Gasteiger partial charge in [-0.15, -0.1) is 11.8 Å². The summed E-state index contributed by atoms with van der Waals surface area (Å²) < 4.78 is 21.8. The lowest BCUT2D eigenvalue weighted by Gasteiger charge is -1.98. The lowest BCUT2D eigenvalue weighted by molar-refractivity contribution is -0.133. The molecule has 0 heterocycles. The Morgan fingerprint density at radius 2 is 2.08 bits per heavy atom.